The van der Waals surface area contributed by atoms with Gasteiger partial charge in [-0.25, -0.2) is 0 Å². The Morgan fingerprint density at radius 2 is 2.06 bits per heavy atom. The van der Waals surface area contributed by atoms with E-state index in [1.807, 2.05) is 43.6 Å². The van der Waals surface area contributed by atoms with E-state index in [2.05, 4.69) is 10.4 Å². The number of aromatic nitrogens is 2. The Kier molecular flexibility index (Phi) is 3.15. The molecule has 0 spiro atoms. The molecule has 0 saturated heterocycles. The van der Waals surface area contributed by atoms with Gasteiger partial charge in [-0.05, 0) is 12.5 Å². The van der Waals surface area contributed by atoms with Gasteiger partial charge in [0.1, 0.15) is 5.60 Å². The van der Waals surface area contributed by atoms with E-state index in [-0.39, 0.29) is 0 Å². The van der Waals surface area contributed by atoms with Crippen LogP contribution in [0.2, 0.25) is 0 Å². The first-order valence-electron chi connectivity index (χ1n) is 5.58. The quantitative estimate of drug-likeness (QED) is 0.842. The maximum absolute atomic E-state index is 10.4. The van der Waals surface area contributed by atoms with E-state index in [9.17, 15) is 5.11 Å². The molecule has 0 saturated carbocycles. The summed E-state index contributed by atoms with van der Waals surface area (Å²) < 4.78 is 1.72. The summed E-state index contributed by atoms with van der Waals surface area (Å²) in [6.07, 6.45) is 3.61. The summed E-state index contributed by atoms with van der Waals surface area (Å²) in [5.74, 6) is 0. The SMILES string of the molecule is Cn1cc(NCC(C)(O)c2ccccc2)cn1. The fraction of sp³-hybridized carbons (Fsp3) is 0.308. The molecular weight excluding hydrogens is 214 g/mol. The number of benzene rings is 1. The molecule has 1 aromatic carbocycles. The fourth-order valence-electron chi connectivity index (χ4n) is 1.69. The number of aryl methyl sites for hydroxylation is 1. The zero-order valence-electron chi connectivity index (χ0n) is 10.1. The van der Waals surface area contributed by atoms with E-state index in [1.54, 1.807) is 17.8 Å². The van der Waals surface area contributed by atoms with Crippen LogP contribution in [-0.4, -0.2) is 21.4 Å². The van der Waals surface area contributed by atoms with Crippen molar-refractivity contribution in [1.82, 2.24) is 9.78 Å². The maximum atomic E-state index is 10.4. The van der Waals surface area contributed by atoms with Crippen LogP contribution in [-0.2, 0) is 12.6 Å². The fourth-order valence-corrected chi connectivity index (χ4v) is 1.69. The Morgan fingerprint density at radius 3 is 2.65 bits per heavy atom. The molecule has 0 radical (unpaired) electrons. The predicted molar refractivity (Wildman–Crippen MR) is 67.7 cm³/mol. The number of nitrogens with zero attached hydrogens (tertiary/aromatic N) is 2. The minimum Gasteiger partial charge on any atom is -0.384 e. The Hall–Kier alpha value is -1.81. The van der Waals surface area contributed by atoms with Crippen molar-refractivity contribution in [3.05, 3.63) is 48.3 Å². The van der Waals surface area contributed by atoms with Crippen LogP contribution in [0, 0.1) is 0 Å². The molecule has 2 aromatic rings. The van der Waals surface area contributed by atoms with Crippen molar-refractivity contribution in [2.24, 2.45) is 7.05 Å². The van der Waals surface area contributed by atoms with E-state index in [1.165, 1.54) is 0 Å². The molecule has 0 aliphatic heterocycles. The zero-order chi connectivity index (χ0) is 12.3. The lowest BCUT2D eigenvalue weighted by Gasteiger charge is -2.24. The topological polar surface area (TPSA) is 50.1 Å². The number of hydrogen-bond acceptors (Lipinski definition) is 3. The highest BCUT2D eigenvalue weighted by molar-refractivity contribution is 5.39. The van der Waals surface area contributed by atoms with Crippen molar-refractivity contribution in [3.8, 4) is 0 Å². The van der Waals surface area contributed by atoms with Crippen LogP contribution in [0.15, 0.2) is 42.7 Å². The van der Waals surface area contributed by atoms with Crippen molar-refractivity contribution < 1.29 is 5.11 Å². The van der Waals surface area contributed by atoms with E-state index < -0.39 is 5.60 Å². The molecule has 0 aliphatic rings. The van der Waals surface area contributed by atoms with Crippen molar-refractivity contribution in [2.75, 3.05) is 11.9 Å². The first-order chi connectivity index (χ1) is 8.08. The lowest BCUT2D eigenvalue weighted by Crippen LogP contribution is -2.30. The van der Waals surface area contributed by atoms with Crippen LogP contribution in [0.25, 0.3) is 0 Å². The molecule has 17 heavy (non-hydrogen) atoms. The van der Waals surface area contributed by atoms with Gasteiger partial charge >= 0.3 is 0 Å². The molecule has 0 amide bonds. The van der Waals surface area contributed by atoms with Crippen LogP contribution in [0.3, 0.4) is 0 Å². The van der Waals surface area contributed by atoms with Gasteiger partial charge < -0.3 is 10.4 Å². The second kappa shape index (κ2) is 4.59. The molecule has 4 nitrogen and oxygen atoms in total. The summed E-state index contributed by atoms with van der Waals surface area (Å²) >= 11 is 0. The van der Waals surface area contributed by atoms with Crippen LogP contribution in [0.1, 0.15) is 12.5 Å². The second-order valence-electron chi connectivity index (χ2n) is 4.40. The number of nitrogens with one attached hydrogen (secondary N) is 1. The van der Waals surface area contributed by atoms with Crippen LogP contribution < -0.4 is 5.32 Å². The van der Waals surface area contributed by atoms with Gasteiger partial charge in [0.2, 0.25) is 0 Å². The largest absolute Gasteiger partial charge is 0.384 e. The van der Waals surface area contributed by atoms with Crippen LogP contribution >= 0.6 is 0 Å². The van der Waals surface area contributed by atoms with Gasteiger partial charge in [0.05, 0.1) is 11.9 Å². The molecule has 2 rings (SSSR count). The maximum Gasteiger partial charge on any atom is 0.104 e. The van der Waals surface area contributed by atoms with Crippen LogP contribution in [0.5, 0.6) is 0 Å². The highest BCUT2D eigenvalue weighted by Gasteiger charge is 2.22. The van der Waals surface area contributed by atoms with Crippen LogP contribution in [0.4, 0.5) is 5.69 Å². The smallest absolute Gasteiger partial charge is 0.104 e. The highest BCUT2D eigenvalue weighted by atomic mass is 16.3. The third-order valence-corrected chi connectivity index (χ3v) is 2.74. The van der Waals surface area contributed by atoms with Gasteiger partial charge in [0.15, 0.2) is 0 Å². The molecule has 90 valence electrons. The average Bonchev–Trinajstić information content (AvgIpc) is 2.74. The summed E-state index contributed by atoms with van der Waals surface area (Å²) in [7, 11) is 1.86. The molecule has 1 heterocycles. The number of rotatable bonds is 4. The predicted octanol–water partition coefficient (Wildman–Crippen LogP) is 1.74. The Morgan fingerprint density at radius 1 is 1.35 bits per heavy atom. The first kappa shape index (κ1) is 11.7. The minimum absolute atomic E-state index is 0.447. The molecule has 0 bridgehead atoms. The summed E-state index contributed by atoms with van der Waals surface area (Å²) in [4.78, 5) is 0. The standard InChI is InChI=1S/C13H17N3O/c1-13(17,11-6-4-3-5-7-11)10-14-12-8-15-16(2)9-12/h3-9,14,17H,10H2,1-2H3. The Balaban J connectivity index is 2.03. The van der Waals surface area contributed by atoms with Gasteiger partial charge in [-0.3, -0.25) is 4.68 Å². The summed E-state index contributed by atoms with van der Waals surface area (Å²) in [5, 5.41) is 17.6. The van der Waals surface area contributed by atoms with E-state index in [4.69, 9.17) is 0 Å². The average molecular weight is 231 g/mol. The number of aliphatic hydroxyl groups is 1. The van der Waals surface area contributed by atoms with E-state index in [0.717, 1.165) is 11.3 Å². The minimum atomic E-state index is -0.892. The lowest BCUT2D eigenvalue weighted by molar-refractivity contribution is 0.0715. The van der Waals surface area contributed by atoms with Gasteiger partial charge in [0.25, 0.3) is 0 Å². The van der Waals surface area contributed by atoms with Crippen molar-refractivity contribution in [2.45, 2.75) is 12.5 Å². The second-order valence-corrected chi connectivity index (χ2v) is 4.40. The molecule has 0 fully saturated rings. The van der Waals surface area contributed by atoms with Gasteiger partial charge in [-0.1, -0.05) is 30.3 Å². The first-order valence-corrected chi connectivity index (χ1v) is 5.58. The van der Waals surface area contributed by atoms with E-state index in [0.29, 0.717) is 6.54 Å². The number of hydrogen-bond donors (Lipinski definition) is 2. The molecule has 1 atom stereocenters. The van der Waals surface area contributed by atoms with Crippen molar-refractivity contribution in [1.29, 1.82) is 0 Å². The monoisotopic (exact) mass is 231 g/mol. The summed E-state index contributed by atoms with van der Waals surface area (Å²) in [6.45, 7) is 2.24. The normalized spacial score (nSPS) is 14.3. The van der Waals surface area contributed by atoms with Gasteiger partial charge in [0, 0.05) is 19.8 Å². The molecule has 0 aliphatic carbocycles. The Bertz CT molecular complexity index is 476. The van der Waals surface area contributed by atoms with Gasteiger partial charge in [-0.2, -0.15) is 5.10 Å². The zero-order valence-corrected chi connectivity index (χ0v) is 10.1. The summed E-state index contributed by atoms with van der Waals surface area (Å²) in [6, 6.07) is 9.63. The molecule has 4 heteroatoms. The molecular formula is C13H17N3O. The van der Waals surface area contributed by atoms with Crippen molar-refractivity contribution in [3.63, 3.8) is 0 Å². The number of anilines is 1. The molecule has 2 N–H and O–H groups in total. The molecule has 1 unspecified atom stereocenters. The third-order valence-electron chi connectivity index (χ3n) is 2.74. The van der Waals surface area contributed by atoms with E-state index >= 15 is 0 Å². The highest BCUT2D eigenvalue weighted by Crippen LogP contribution is 2.20. The lowest BCUT2D eigenvalue weighted by atomic mass is 9.96. The van der Waals surface area contributed by atoms with Crippen molar-refractivity contribution >= 4 is 5.69 Å². The van der Waals surface area contributed by atoms with Gasteiger partial charge in [-0.15, -0.1) is 0 Å². The summed E-state index contributed by atoms with van der Waals surface area (Å²) in [5.41, 5.74) is 0.914. The Labute approximate surface area is 101 Å². The molecule has 1 aromatic heterocycles. The third kappa shape index (κ3) is 2.85.